The van der Waals surface area contributed by atoms with Crippen LogP contribution in [0.1, 0.15) is 12.6 Å². The van der Waals surface area contributed by atoms with E-state index < -0.39 is 6.10 Å². The highest BCUT2D eigenvalue weighted by Gasteiger charge is 2.03. The van der Waals surface area contributed by atoms with E-state index in [1.165, 1.54) is 0 Å². The number of rotatable bonds is 4. The second-order valence-electron chi connectivity index (χ2n) is 3.06. The van der Waals surface area contributed by atoms with Gasteiger partial charge in [0.1, 0.15) is 0 Å². The molecule has 1 atom stereocenters. The van der Waals surface area contributed by atoms with Crippen molar-refractivity contribution >= 4 is 6.08 Å². The Hall–Kier alpha value is -1.55. The number of hydrogen-bond acceptors (Lipinski definition) is 4. The number of hydrogen-bond donors (Lipinski definition) is 1. The largest absolute Gasteiger partial charge is 0.493 e. The first-order chi connectivity index (χ1) is 7.17. The van der Waals surface area contributed by atoms with E-state index in [1.54, 1.807) is 45.6 Å². The summed E-state index contributed by atoms with van der Waals surface area (Å²) in [6.45, 7) is 1.68. The quantitative estimate of drug-likeness (QED) is 0.816. The van der Waals surface area contributed by atoms with Gasteiger partial charge in [-0.15, -0.1) is 0 Å². The van der Waals surface area contributed by atoms with Crippen LogP contribution in [0.15, 0.2) is 18.3 Å². The summed E-state index contributed by atoms with van der Waals surface area (Å²) in [6.07, 6.45) is 4.47. The van der Waals surface area contributed by atoms with Gasteiger partial charge in [0.25, 0.3) is 0 Å². The smallest absolute Gasteiger partial charge is 0.179 e. The molecule has 1 N–H and O–H groups in total. The first-order valence-corrected chi connectivity index (χ1v) is 4.61. The zero-order chi connectivity index (χ0) is 11.3. The molecule has 0 aliphatic heterocycles. The van der Waals surface area contributed by atoms with Crippen LogP contribution in [-0.4, -0.2) is 30.4 Å². The van der Waals surface area contributed by atoms with Gasteiger partial charge in [0, 0.05) is 6.07 Å². The maximum absolute atomic E-state index is 9.07. The molecule has 0 saturated heterocycles. The highest BCUT2D eigenvalue weighted by atomic mass is 16.5. The number of nitrogens with zero attached hydrogens (tertiary/aromatic N) is 1. The van der Waals surface area contributed by atoms with Crippen LogP contribution < -0.4 is 9.47 Å². The monoisotopic (exact) mass is 209 g/mol. The topological polar surface area (TPSA) is 51.6 Å². The van der Waals surface area contributed by atoms with Crippen molar-refractivity contribution in [3.8, 4) is 11.5 Å². The van der Waals surface area contributed by atoms with E-state index >= 15 is 0 Å². The Balaban J connectivity index is 2.93. The van der Waals surface area contributed by atoms with E-state index in [0.717, 1.165) is 0 Å². The fraction of sp³-hybridized carbons (Fsp3) is 0.364. The van der Waals surface area contributed by atoms with Crippen molar-refractivity contribution in [3.63, 3.8) is 0 Å². The van der Waals surface area contributed by atoms with Gasteiger partial charge in [-0.25, -0.2) is 0 Å². The molecule has 4 heteroatoms. The molecule has 0 bridgehead atoms. The third-order valence-corrected chi connectivity index (χ3v) is 1.84. The van der Waals surface area contributed by atoms with Gasteiger partial charge in [-0.1, -0.05) is 6.08 Å². The van der Waals surface area contributed by atoms with E-state index in [1.807, 2.05) is 0 Å². The summed E-state index contributed by atoms with van der Waals surface area (Å²) in [4.78, 5) is 4.13. The van der Waals surface area contributed by atoms with E-state index in [9.17, 15) is 0 Å². The Labute approximate surface area is 89.2 Å². The summed E-state index contributed by atoms with van der Waals surface area (Å²) in [5, 5.41) is 9.07. The van der Waals surface area contributed by atoms with Crippen molar-refractivity contribution in [3.05, 3.63) is 24.0 Å². The second kappa shape index (κ2) is 5.36. The minimum atomic E-state index is -0.486. The molecule has 1 aromatic heterocycles. The van der Waals surface area contributed by atoms with Crippen molar-refractivity contribution < 1.29 is 14.6 Å². The Kier molecular flexibility index (Phi) is 4.12. The molecule has 1 heterocycles. The minimum absolute atomic E-state index is 0.486. The molecule has 82 valence electrons. The average molecular weight is 209 g/mol. The molecule has 15 heavy (non-hydrogen) atoms. The van der Waals surface area contributed by atoms with Gasteiger partial charge in [-0.3, -0.25) is 4.98 Å². The predicted molar refractivity (Wildman–Crippen MR) is 58.1 cm³/mol. The molecule has 1 rings (SSSR count). The molecule has 0 fully saturated rings. The summed E-state index contributed by atoms with van der Waals surface area (Å²) >= 11 is 0. The van der Waals surface area contributed by atoms with E-state index in [0.29, 0.717) is 17.2 Å². The first-order valence-electron chi connectivity index (χ1n) is 4.61. The molecule has 0 radical (unpaired) electrons. The van der Waals surface area contributed by atoms with Crippen LogP contribution >= 0.6 is 0 Å². The lowest BCUT2D eigenvalue weighted by Gasteiger charge is -2.06. The number of aliphatic hydroxyl groups excluding tert-OH is 1. The lowest BCUT2D eigenvalue weighted by molar-refractivity contribution is 0.245. The fourth-order valence-electron chi connectivity index (χ4n) is 1.08. The Morgan fingerprint density at radius 3 is 2.53 bits per heavy atom. The Morgan fingerprint density at radius 2 is 2.00 bits per heavy atom. The summed E-state index contributed by atoms with van der Waals surface area (Å²) in [5.74, 6) is 1.21. The molecule has 1 unspecified atom stereocenters. The fourth-order valence-corrected chi connectivity index (χ4v) is 1.08. The van der Waals surface area contributed by atoms with Crippen molar-refractivity contribution in [1.29, 1.82) is 0 Å². The molecular formula is C11H15NO3. The van der Waals surface area contributed by atoms with Gasteiger partial charge in [0.2, 0.25) is 0 Å². The summed E-state index contributed by atoms with van der Waals surface area (Å²) in [6, 6.07) is 1.75. The average Bonchev–Trinajstić information content (AvgIpc) is 2.25. The third kappa shape index (κ3) is 3.25. The molecule has 1 aromatic rings. The SMILES string of the molecule is COc1cnc(/C=C/C(C)O)cc1OC. The lowest BCUT2D eigenvalue weighted by atomic mass is 10.2. The van der Waals surface area contributed by atoms with Gasteiger partial charge < -0.3 is 14.6 Å². The van der Waals surface area contributed by atoms with Crippen LogP contribution in [0.25, 0.3) is 6.08 Å². The van der Waals surface area contributed by atoms with Crippen LogP contribution in [0.5, 0.6) is 11.5 Å². The Bertz CT molecular complexity index is 348. The second-order valence-corrected chi connectivity index (χ2v) is 3.06. The lowest BCUT2D eigenvalue weighted by Crippen LogP contribution is -1.94. The molecular weight excluding hydrogens is 194 g/mol. The van der Waals surface area contributed by atoms with Crippen LogP contribution in [0.4, 0.5) is 0 Å². The number of methoxy groups -OCH3 is 2. The summed E-state index contributed by atoms with van der Waals surface area (Å²) in [5.41, 5.74) is 0.716. The van der Waals surface area contributed by atoms with Gasteiger partial charge in [-0.05, 0) is 13.0 Å². The Morgan fingerprint density at radius 1 is 1.33 bits per heavy atom. The maximum Gasteiger partial charge on any atom is 0.179 e. The number of pyridine rings is 1. The van der Waals surface area contributed by atoms with Crippen molar-refractivity contribution in [2.24, 2.45) is 0 Å². The van der Waals surface area contributed by atoms with Crippen molar-refractivity contribution in [2.45, 2.75) is 13.0 Å². The van der Waals surface area contributed by atoms with E-state index in [-0.39, 0.29) is 0 Å². The molecule has 0 saturated carbocycles. The number of ether oxygens (including phenoxy) is 2. The van der Waals surface area contributed by atoms with Gasteiger partial charge in [0.05, 0.1) is 32.2 Å². The summed E-state index contributed by atoms with van der Waals surface area (Å²) in [7, 11) is 3.13. The van der Waals surface area contributed by atoms with Gasteiger partial charge in [0.15, 0.2) is 11.5 Å². The molecule has 0 aliphatic rings. The minimum Gasteiger partial charge on any atom is -0.493 e. The van der Waals surface area contributed by atoms with E-state index in [2.05, 4.69) is 4.98 Å². The molecule has 0 aliphatic carbocycles. The van der Waals surface area contributed by atoms with Gasteiger partial charge in [-0.2, -0.15) is 0 Å². The molecule has 4 nitrogen and oxygen atoms in total. The van der Waals surface area contributed by atoms with Crippen molar-refractivity contribution in [2.75, 3.05) is 14.2 Å². The third-order valence-electron chi connectivity index (χ3n) is 1.84. The van der Waals surface area contributed by atoms with Crippen molar-refractivity contribution in [1.82, 2.24) is 4.98 Å². The van der Waals surface area contributed by atoms with Crippen LogP contribution in [0, 0.1) is 0 Å². The highest BCUT2D eigenvalue weighted by Crippen LogP contribution is 2.26. The zero-order valence-corrected chi connectivity index (χ0v) is 9.10. The zero-order valence-electron chi connectivity index (χ0n) is 9.10. The van der Waals surface area contributed by atoms with Crippen LogP contribution in [-0.2, 0) is 0 Å². The number of aliphatic hydroxyl groups is 1. The highest BCUT2D eigenvalue weighted by molar-refractivity contribution is 5.51. The van der Waals surface area contributed by atoms with E-state index in [4.69, 9.17) is 14.6 Å². The molecule has 0 spiro atoms. The summed E-state index contributed by atoms with van der Waals surface area (Å²) < 4.78 is 10.2. The normalized spacial score (nSPS) is 12.8. The van der Waals surface area contributed by atoms with Crippen LogP contribution in [0.3, 0.4) is 0 Å². The molecule has 0 amide bonds. The molecule has 0 aromatic carbocycles. The van der Waals surface area contributed by atoms with Gasteiger partial charge >= 0.3 is 0 Å². The first kappa shape index (κ1) is 11.5. The number of aromatic nitrogens is 1. The standard InChI is InChI=1S/C11H15NO3/c1-8(13)4-5-9-6-10(14-2)11(15-3)7-12-9/h4-8,13H,1-3H3/b5-4+. The predicted octanol–water partition coefficient (Wildman–Crippen LogP) is 1.49. The van der Waals surface area contributed by atoms with Crippen LogP contribution in [0.2, 0.25) is 0 Å². The maximum atomic E-state index is 9.07.